The fraction of sp³-hybridized carbons (Fsp3) is 0.0667. The number of benzene rings is 1. The van der Waals surface area contributed by atoms with E-state index in [1.807, 2.05) is 12.1 Å². The van der Waals surface area contributed by atoms with Gasteiger partial charge >= 0.3 is 5.97 Å². The molecule has 6 nitrogen and oxygen atoms in total. The average molecular weight is 315 g/mol. The zero-order chi connectivity index (χ0) is 15.5. The number of nitrogens with zero attached hydrogens (tertiary/aromatic N) is 4. The van der Waals surface area contributed by atoms with Crippen molar-refractivity contribution in [1.82, 2.24) is 9.38 Å². The Balaban J connectivity index is 2.03. The van der Waals surface area contributed by atoms with Gasteiger partial charge in [-0.15, -0.1) is 10.2 Å². The van der Waals surface area contributed by atoms with Crippen molar-refractivity contribution in [2.75, 3.05) is 0 Å². The molecule has 0 aliphatic rings. The lowest BCUT2D eigenvalue weighted by atomic mass is 10.3. The van der Waals surface area contributed by atoms with E-state index in [4.69, 9.17) is 16.7 Å². The molecule has 0 unspecified atom stereocenters. The number of carboxylic acids is 1. The van der Waals surface area contributed by atoms with Gasteiger partial charge < -0.3 is 5.11 Å². The van der Waals surface area contributed by atoms with Crippen LogP contribution in [0.2, 0.25) is 5.02 Å². The second kappa shape index (κ2) is 5.95. The molecule has 0 spiro atoms. The zero-order valence-corrected chi connectivity index (χ0v) is 12.1. The third-order valence-electron chi connectivity index (χ3n) is 2.98. The largest absolute Gasteiger partial charge is 0.481 e. The highest BCUT2D eigenvalue weighted by molar-refractivity contribution is 6.30. The van der Waals surface area contributed by atoms with Gasteiger partial charge in [0.1, 0.15) is 5.65 Å². The third kappa shape index (κ3) is 2.96. The maximum Gasteiger partial charge on any atom is 0.309 e. The van der Waals surface area contributed by atoms with E-state index in [1.165, 1.54) is 0 Å². The minimum atomic E-state index is -0.966. The van der Waals surface area contributed by atoms with Gasteiger partial charge in [-0.1, -0.05) is 17.7 Å². The number of fused-ring (bicyclic) bond motifs is 1. The van der Waals surface area contributed by atoms with Crippen LogP contribution in [0.15, 0.2) is 58.9 Å². The molecule has 0 fully saturated rings. The number of imidazole rings is 1. The Bertz CT molecular complexity index is 856. The highest BCUT2D eigenvalue weighted by Crippen LogP contribution is 2.25. The number of rotatable bonds is 4. The molecule has 0 saturated carbocycles. The lowest BCUT2D eigenvalue weighted by molar-refractivity contribution is -0.136. The molecular formula is C15H11ClN4O2. The Morgan fingerprint density at radius 2 is 1.95 bits per heavy atom. The maximum atomic E-state index is 11.0. The number of halogens is 1. The van der Waals surface area contributed by atoms with Gasteiger partial charge in [-0.05, 0) is 36.4 Å². The van der Waals surface area contributed by atoms with Gasteiger partial charge in [0.15, 0.2) is 5.82 Å². The predicted molar refractivity (Wildman–Crippen MR) is 82.2 cm³/mol. The molecule has 0 aliphatic heterocycles. The molecule has 1 aromatic carbocycles. The number of carbonyl (C=O) groups is 1. The van der Waals surface area contributed by atoms with Crippen molar-refractivity contribution in [1.29, 1.82) is 0 Å². The molecule has 2 aromatic heterocycles. The van der Waals surface area contributed by atoms with Crippen molar-refractivity contribution in [2.45, 2.75) is 6.42 Å². The Labute approximate surface area is 130 Å². The van der Waals surface area contributed by atoms with E-state index in [2.05, 4.69) is 15.2 Å². The average Bonchev–Trinajstić information content (AvgIpc) is 2.83. The van der Waals surface area contributed by atoms with Crippen LogP contribution in [-0.4, -0.2) is 20.5 Å². The molecule has 0 aliphatic carbocycles. The monoisotopic (exact) mass is 314 g/mol. The number of aromatic nitrogens is 2. The summed E-state index contributed by atoms with van der Waals surface area (Å²) in [7, 11) is 0. The van der Waals surface area contributed by atoms with E-state index in [1.54, 1.807) is 40.9 Å². The molecule has 110 valence electrons. The van der Waals surface area contributed by atoms with E-state index in [9.17, 15) is 4.79 Å². The van der Waals surface area contributed by atoms with Crippen molar-refractivity contribution in [3.05, 3.63) is 59.4 Å². The number of aliphatic carboxylic acids is 1. The summed E-state index contributed by atoms with van der Waals surface area (Å²) < 4.78 is 1.71. The number of hydrogen-bond donors (Lipinski definition) is 1. The fourth-order valence-electron chi connectivity index (χ4n) is 2.01. The lowest BCUT2D eigenvalue weighted by Gasteiger charge is -1.97. The molecule has 1 N–H and O–H groups in total. The third-order valence-corrected chi connectivity index (χ3v) is 3.23. The standard InChI is InChI=1S/C15H11ClN4O2/c16-10-4-6-11(7-5-10)18-19-15-12(9-14(21)22)17-13-3-1-2-8-20(13)15/h1-8H,9H2,(H,21,22). The number of azo groups is 1. The summed E-state index contributed by atoms with van der Waals surface area (Å²) in [5, 5.41) is 17.9. The first-order valence-corrected chi connectivity index (χ1v) is 6.86. The molecule has 7 heteroatoms. The van der Waals surface area contributed by atoms with Crippen molar-refractivity contribution < 1.29 is 9.90 Å². The molecule has 0 bridgehead atoms. The quantitative estimate of drug-likeness (QED) is 0.738. The van der Waals surface area contributed by atoms with Gasteiger partial charge in [-0.2, -0.15) is 0 Å². The van der Waals surface area contributed by atoms with Crippen LogP contribution in [0.1, 0.15) is 5.69 Å². The highest BCUT2D eigenvalue weighted by atomic mass is 35.5. The van der Waals surface area contributed by atoms with Crippen LogP contribution >= 0.6 is 11.6 Å². The molecule has 3 aromatic rings. The summed E-state index contributed by atoms with van der Waals surface area (Å²) in [4.78, 5) is 15.3. The summed E-state index contributed by atoms with van der Waals surface area (Å²) in [6, 6.07) is 12.3. The molecule has 0 amide bonds. The van der Waals surface area contributed by atoms with Crippen molar-refractivity contribution in [2.24, 2.45) is 10.2 Å². The SMILES string of the molecule is O=C(O)Cc1nc2ccccn2c1N=Nc1ccc(Cl)cc1. The Morgan fingerprint density at radius 3 is 2.68 bits per heavy atom. The predicted octanol–water partition coefficient (Wildman–Crippen LogP) is 4.03. The number of carboxylic acid groups (broad SMARTS) is 1. The van der Waals surface area contributed by atoms with Crippen LogP contribution in [0.5, 0.6) is 0 Å². The molecule has 2 heterocycles. The molecule has 0 radical (unpaired) electrons. The maximum absolute atomic E-state index is 11.0. The summed E-state index contributed by atoms with van der Waals surface area (Å²) in [5.41, 5.74) is 1.62. The molecule has 3 rings (SSSR count). The normalized spacial score (nSPS) is 11.3. The van der Waals surface area contributed by atoms with Crippen molar-refractivity contribution >= 4 is 34.7 Å². The van der Waals surface area contributed by atoms with Crippen molar-refractivity contribution in [3.8, 4) is 0 Å². The topological polar surface area (TPSA) is 79.3 Å². The minimum Gasteiger partial charge on any atom is -0.481 e. The Kier molecular flexibility index (Phi) is 3.84. The first-order valence-electron chi connectivity index (χ1n) is 6.48. The lowest BCUT2D eigenvalue weighted by Crippen LogP contribution is -2.00. The van der Waals surface area contributed by atoms with Crippen LogP contribution in [0.4, 0.5) is 11.5 Å². The highest BCUT2D eigenvalue weighted by Gasteiger charge is 2.14. The molecule has 22 heavy (non-hydrogen) atoms. The van der Waals surface area contributed by atoms with Crippen LogP contribution < -0.4 is 0 Å². The van der Waals surface area contributed by atoms with Crippen LogP contribution in [0.3, 0.4) is 0 Å². The van der Waals surface area contributed by atoms with Gasteiger partial charge in [0, 0.05) is 11.2 Å². The van der Waals surface area contributed by atoms with Crippen LogP contribution in [0.25, 0.3) is 5.65 Å². The molecular weight excluding hydrogens is 304 g/mol. The number of pyridine rings is 1. The van der Waals surface area contributed by atoms with Gasteiger partial charge in [0.25, 0.3) is 0 Å². The molecule has 0 saturated heterocycles. The van der Waals surface area contributed by atoms with E-state index in [0.29, 0.717) is 27.9 Å². The fourth-order valence-corrected chi connectivity index (χ4v) is 2.14. The van der Waals surface area contributed by atoms with Crippen LogP contribution in [-0.2, 0) is 11.2 Å². The zero-order valence-electron chi connectivity index (χ0n) is 11.3. The first-order chi connectivity index (χ1) is 10.6. The second-order valence-corrected chi connectivity index (χ2v) is 4.99. The Morgan fingerprint density at radius 1 is 1.18 bits per heavy atom. The first kappa shape index (κ1) is 14.2. The number of hydrogen-bond acceptors (Lipinski definition) is 4. The second-order valence-electron chi connectivity index (χ2n) is 4.56. The van der Waals surface area contributed by atoms with Gasteiger partial charge in [0.2, 0.25) is 0 Å². The van der Waals surface area contributed by atoms with E-state index < -0.39 is 5.97 Å². The van der Waals surface area contributed by atoms with Gasteiger partial charge in [-0.25, -0.2) is 4.98 Å². The summed E-state index contributed by atoms with van der Waals surface area (Å²) in [5.74, 6) is -0.556. The van der Waals surface area contributed by atoms with Crippen LogP contribution in [0, 0.1) is 0 Å². The summed E-state index contributed by atoms with van der Waals surface area (Å²) >= 11 is 5.82. The van der Waals surface area contributed by atoms with E-state index >= 15 is 0 Å². The van der Waals surface area contributed by atoms with Crippen molar-refractivity contribution in [3.63, 3.8) is 0 Å². The Hall–Kier alpha value is -2.73. The smallest absolute Gasteiger partial charge is 0.309 e. The van der Waals surface area contributed by atoms with Gasteiger partial charge in [-0.3, -0.25) is 9.20 Å². The summed E-state index contributed by atoms with van der Waals surface area (Å²) in [6.07, 6.45) is 1.56. The molecule has 0 atom stereocenters. The van der Waals surface area contributed by atoms with E-state index in [0.717, 1.165) is 0 Å². The summed E-state index contributed by atoms with van der Waals surface area (Å²) in [6.45, 7) is 0. The van der Waals surface area contributed by atoms with E-state index in [-0.39, 0.29) is 6.42 Å². The minimum absolute atomic E-state index is 0.212. The van der Waals surface area contributed by atoms with Gasteiger partial charge in [0.05, 0.1) is 17.8 Å².